The molecule has 0 aromatic carbocycles. The number of pyridine rings is 1. The molecule has 1 heterocycles. The average molecular weight is 240 g/mol. The van der Waals surface area contributed by atoms with Crippen LogP contribution in [0.3, 0.4) is 0 Å². The first-order chi connectivity index (χ1) is 7.36. The molecule has 1 unspecified atom stereocenters. The van der Waals surface area contributed by atoms with Gasteiger partial charge in [-0.05, 0) is 24.0 Å². The largest absolute Gasteiger partial charge is 0.480 e. The molecule has 1 aromatic rings. The quantitative estimate of drug-likeness (QED) is 0.699. The molecule has 88 valence electrons. The molecule has 3 N–H and O–H groups in total. The SMILES string of the molecule is CC(C)C(S)(Cc1ccc(N)nc1)C(=O)O. The number of carboxylic acid groups (broad SMARTS) is 1. The molecule has 0 bridgehead atoms. The third-order valence-electron chi connectivity index (χ3n) is 2.65. The molecule has 4 nitrogen and oxygen atoms in total. The highest BCUT2D eigenvalue weighted by atomic mass is 32.1. The molecule has 0 aliphatic rings. The molecule has 0 aliphatic carbocycles. The minimum atomic E-state index is -1.07. The second-order valence-corrected chi connectivity index (χ2v) is 4.95. The van der Waals surface area contributed by atoms with Gasteiger partial charge in [-0.3, -0.25) is 4.79 Å². The summed E-state index contributed by atoms with van der Waals surface area (Å²) in [6.45, 7) is 3.68. The molecular weight excluding hydrogens is 224 g/mol. The van der Waals surface area contributed by atoms with Crippen molar-refractivity contribution < 1.29 is 9.90 Å². The van der Waals surface area contributed by atoms with E-state index in [0.717, 1.165) is 5.56 Å². The summed E-state index contributed by atoms with van der Waals surface area (Å²) >= 11 is 4.29. The van der Waals surface area contributed by atoms with Crippen LogP contribution in [0.5, 0.6) is 0 Å². The van der Waals surface area contributed by atoms with E-state index >= 15 is 0 Å². The van der Waals surface area contributed by atoms with Crippen LogP contribution >= 0.6 is 12.6 Å². The number of hydrogen-bond donors (Lipinski definition) is 3. The lowest BCUT2D eigenvalue weighted by Crippen LogP contribution is -2.40. The lowest BCUT2D eigenvalue weighted by molar-refractivity contribution is -0.141. The minimum Gasteiger partial charge on any atom is -0.480 e. The lowest BCUT2D eigenvalue weighted by atomic mass is 9.88. The number of nitrogen functional groups attached to an aromatic ring is 1. The van der Waals surface area contributed by atoms with Crippen molar-refractivity contribution in [2.45, 2.75) is 25.0 Å². The van der Waals surface area contributed by atoms with Crippen LogP contribution in [0.1, 0.15) is 19.4 Å². The number of nitrogens with two attached hydrogens (primary N) is 1. The number of anilines is 1. The van der Waals surface area contributed by atoms with E-state index in [4.69, 9.17) is 5.73 Å². The predicted octanol–water partition coefficient (Wildman–Crippen LogP) is 1.62. The van der Waals surface area contributed by atoms with Crippen LogP contribution in [0.2, 0.25) is 0 Å². The third-order valence-corrected chi connectivity index (χ3v) is 3.51. The van der Waals surface area contributed by atoms with E-state index in [2.05, 4.69) is 17.6 Å². The highest BCUT2D eigenvalue weighted by Gasteiger charge is 2.38. The van der Waals surface area contributed by atoms with Gasteiger partial charge in [0.2, 0.25) is 0 Å². The van der Waals surface area contributed by atoms with Crippen LogP contribution in [0, 0.1) is 5.92 Å². The zero-order valence-corrected chi connectivity index (χ0v) is 10.2. The summed E-state index contributed by atoms with van der Waals surface area (Å²) in [7, 11) is 0. The number of aliphatic carboxylic acids is 1. The van der Waals surface area contributed by atoms with Crippen molar-refractivity contribution in [1.29, 1.82) is 0 Å². The van der Waals surface area contributed by atoms with Gasteiger partial charge in [-0.1, -0.05) is 19.9 Å². The molecule has 0 spiro atoms. The zero-order chi connectivity index (χ0) is 12.3. The van der Waals surface area contributed by atoms with Crippen molar-refractivity contribution in [2.24, 2.45) is 5.92 Å². The fourth-order valence-corrected chi connectivity index (χ4v) is 1.56. The van der Waals surface area contributed by atoms with Gasteiger partial charge >= 0.3 is 5.97 Å². The standard InChI is InChI=1S/C11H16N2O2S/c1-7(2)11(16,10(14)15)5-8-3-4-9(12)13-6-8/h3-4,6-7,16H,5H2,1-2H3,(H2,12,13)(H,14,15). The van der Waals surface area contributed by atoms with Crippen LogP contribution < -0.4 is 5.73 Å². The van der Waals surface area contributed by atoms with Gasteiger partial charge in [0.15, 0.2) is 0 Å². The van der Waals surface area contributed by atoms with Crippen molar-refractivity contribution in [3.05, 3.63) is 23.9 Å². The highest BCUT2D eigenvalue weighted by Crippen LogP contribution is 2.29. The molecule has 0 fully saturated rings. The van der Waals surface area contributed by atoms with Gasteiger partial charge in [0.1, 0.15) is 10.6 Å². The number of aromatic nitrogens is 1. The highest BCUT2D eigenvalue weighted by molar-refractivity contribution is 7.82. The van der Waals surface area contributed by atoms with Crippen molar-refractivity contribution in [2.75, 3.05) is 5.73 Å². The molecule has 0 aliphatic heterocycles. The summed E-state index contributed by atoms with van der Waals surface area (Å²) in [5.74, 6) is -0.568. The Labute approximate surface area is 100 Å². The van der Waals surface area contributed by atoms with Crippen molar-refractivity contribution in [3.8, 4) is 0 Å². The van der Waals surface area contributed by atoms with E-state index < -0.39 is 10.7 Å². The monoisotopic (exact) mass is 240 g/mol. The number of rotatable bonds is 4. The molecule has 0 radical (unpaired) electrons. The molecule has 5 heteroatoms. The topological polar surface area (TPSA) is 76.2 Å². The van der Waals surface area contributed by atoms with Crippen molar-refractivity contribution >= 4 is 24.4 Å². The van der Waals surface area contributed by atoms with E-state index in [1.54, 1.807) is 18.3 Å². The fourth-order valence-electron chi connectivity index (χ4n) is 1.38. The van der Waals surface area contributed by atoms with Crippen LogP contribution in [-0.2, 0) is 11.2 Å². The lowest BCUT2D eigenvalue weighted by Gasteiger charge is -2.27. The van der Waals surface area contributed by atoms with Crippen LogP contribution in [-0.4, -0.2) is 20.8 Å². The van der Waals surface area contributed by atoms with Crippen LogP contribution in [0.15, 0.2) is 18.3 Å². The molecule has 0 saturated heterocycles. The van der Waals surface area contributed by atoms with Gasteiger partial charge in [-0.25, -0.2) is 4.98 Å². The first-order valence-electron chi connectivity index (χ1n) is 5.02. The average Bonchev–Trinajstić information content (AvgIpc) is 2.20. The van der Waals surface area contributed by atoms with Gasteiger partial charge in [0.25, 0.3) is 0 Å². The van der Waals surface area contributed by atoms with Gasteiger partial charge in [-0.15, -0.1) is 0 Å². The minimum absolute atomic E-state index is 0.0779. The van der Waals surface area contributed by atoms with Crippen molar-refractivity contribution in [3.63, 3.8) is 0 Å². The van der Waals surface area contributed by atoms with Gasteiger partial charge in [-0.2, -0.15) is 12.6 Å². The number of nitrogens with zero attached hydrogens (tertiary/aromatic N) is 1. The van der Waals surface area contributed by atoms with E-state index in [-0.39, 0.29) is 5.92 Å². The maximum atomic E-state index is 11.2. The molecule has 0 saturated carbocycles. The van der Waals surface area contributed by atoms with Gasteiger partial charge < -0.3 is 10.8 Å². The molecule has 1 aromatic heterocycles. The molecule has 0 amide bonds. The second-order valence-electron chi connectivity index (χ2n) is 4.15. The van der Waals surface area contributed by atoms with Crippen LogP contribution in [0.4, 0.5) is 5.82 Å². The number of hydrogen-bond acceptors (Lipinski definition) is 4. The Bertz CT molecular complexity index is 378. The molecule has 1 rings (SSSR count). The second kappa shape index (κ2) is 4.74. The smallest absolute Gasteiger partial charge is 0.320 e. The Kier molecular flexibility index (Phi) is 3.80. The summed E-state index contributed by atoms with van der Waals surface area (Å²) in [6.07, 6.45) is 1.92. The normalized spacial score (nSPS) is 14.8. The summed E-state index contributed by atoms with van der Waals surface area (Å²) in [4.78, 5) is 15.1. The summed E-state index contributed by atoms with van der Waals surface area (Å²) in [6, 6.07) is 3.43. The summed E-state index contributed by atoms with van der Waals surface area (Å²) in [5.41, 5.74) is 6.28. The Morgan fingerprint density at radius 2 is 2.25 bits per heavy atom. The van der Waals surface area contributed by atoms with E-state index in [1.807, 2.05) is 13.8 Å². The van der Waals surface area contributed by atoms with Gasteiger partial charge in [0, 0.05) is 6.20 Å². The number of carbonyl (C=O) groups is 1. The predicted molar refractivity (Wildman–Crippen MR) is 66.5 cm³/mol. The number of thiol groups is 1. The Morgan fingerprint density at radius 1 is 1.62 bits per heavy atom. The Hall–Kier alpha value is -1.23. The van der Waals surface area contributed by atoms with E-state index in [0.29, 0.717) is 12.2 Å². The maximum Gasteiger partial charge on any atom is 0.320 e. The summed E-state index contributed by atoms with van der Waals surface area (Å²) in [5, 5.41) is 9.20. The van der Waals surface area contributed by atoms with E-state index in [1.165, 1.54) is 0 Å². The Morgan fingerprint density at radius 3 is 2.62 bits per heavy atom. The first-order valence-corrected chi connectivity index (χ1v) is 5.47. The first kappa shape index (κ1) is 12.8. The molecular formula is C11H16N2O2S. The zero-order valence-electron chi connectivity index (χ0n) is 9.34. The summed E-state index contributed by atoms with van der Waals surface area (Å²) < 4.78 is -1.07. The molecule has 1 atom stereocenters. The fraction of sp³-hybridized carbons (Fsp3) is 0.455. The molecule has 16 heavy (non-hydrogen) atoms. The maximum absolute atomic E-state index is 11.2. The Balaban J connectivity index is 2.93. The third kappa shape index (κ3) is 2.66. The van der Waals surface area contributed by atoms with Crippen molar-refractivity contribution in [1.82, 2.24) is 4.98 Å². The van der Waals surface area contributed by atoms with E-state index in [9.17, 15) is 9.90 Å². The van der Waals surface area contributed by atoms with Crippen LogP contribution in [0.25, 0.3) is 0 Å². The number of carboxylic acids is 1. The van der Waals surface area contributed by atoms with Gasteiger partial charge in [0.05, 0.1) is 0 Å².